The van der Waals surface area contributed by atoms with Gasteiger partial charge in [-0.1, -0.05) is 18.2 Å². The number of pyridine rings is 1. The highest BCUT2D eigenvalue weighted by Crippen LogP contribution is 2.21. The van der Waals surface area contributed by atoms with Crippen molar-refractivity contribution in [2.24, 2.45) is 5.84 Å². The van der Waals surface area contributed by atoms with Gasteiger partial charge in [-0.15, -0.1) is 0 Å². The number of aromatic nitrogens is 1. The van der Waals surface area contributed by atoms with Crippen molar-refractivity contribution >= 4 is 11.6 Å². The Labute approximate surface area is 123 Å². The molecule has 0 atom stereocenters. The molecule has 0 aliphatic carbocycles. The lowest BCUT2D eigenvalue weighted by atomic mass is 10.1. The second kappa shape index (κ2) is 6.71. The van der Waals surface area contributed by atoms with Crippen LogP contribution < -0.4 is 16.0 Å². The Morgan fingerprint density at radius 3 is 2.86 bits per heavy atom. The van der Waals surface area contributed by atoms with Crippen LogP contribution in [0.2, 0.25) is 0 Å². The number of carbonyl (C=O) groups is 1. The minimum Gasteiger partial charge on any atom is -0.496 e. The van der Waals surface area contributed by atoms with Gasteiger partial charge in [0.15, 0.2) is 0 Å². The number of nitrogens with zero attached hydrogens (tertiary/aromatic N) is 2. The molecule has 0 aliphatic heterocycles. The van der Waals surface area contributed by atoms with E-state index in [9.17, 15) is 4.79 Å². The average molecular weight is 286 g/mol. The van der Waals surface area contributed by atoms with Crippen LogP contribution >= 0.6 is 0 Å². The van der Waals surface area contributed by atoms with Gasteiger partial charge in [0.2, 0.25) is 0 Å². The number of amides is 1. The Kier molecular flexibility index (Phi) is 4.73. The summed E-state index contributed by atoms with van der Waals surface area (Å²) in [5, 5.41) is 0. The second-order valence-corrected chi connectivity index (χ2v) is 4.54. The number of anilines is 1. The first-order valence-electron chi connectivity index (χ1n) is 6.45. The predicted molar refractivity (Wildman–Crippen MR) is 80.8 cm³/mol. The highest BCUT2D eigenvalue weighted by molar-refractivity contribution is 5.99. The molecule has 0 fully saturated rings. The van der Waals surface area contributed by atoms with E-state index in [1.807, 2.05) is 24.3 Å². The zero-order valence-corrected chi connectivity index (χ0v) is 12.0. The van der Waals surface area contributed by atoms with E-state index in [0.717, 1.165) is 11.3 Å². The molecule has 0 spiro atoms. The van der Waals surface area contributed by atoms with Crippen LogP contribution in [0.3, 0.4) is 0 Å². The average Bonchev–Trinajstić information content (AvgIpc) is 2.54. The Hall–Kier alpha value is -2.60. The molecule has 2 rings (SSSR count). The number of ether oxygens (including phenoxy) is 1. The third kappa shape index (κ3) is 3.29. The largest absolute Gasteiger partial charge is 0.496 e. The van der Waals surface area contributed by atoms with Crippen molar-refractivity contribution in [3.05, 3.63) is 53.9 Å². The molecular weight excluding hydrogens is 268 g/mol. The minimum atomic E-state index is -0.165. The highest BCUT2D eigenvalue weighted by atomic mass is 16.5. The summed E-state index contributed by atoms with van der Waals surface area (Å²) in [7, 11) is 3.33. The normalized spacial score (nSPS) is 10.0. The Bertz CT molecular complexity index is 631. The number of hydrogen-bond donors (Lipinski definition) is 2. The van der Waals surface area contributed by atoms with Crippen molar-refractivity contribution in [2.75, 3.05) is 19.6 Å². The predicted octanol–water partition coefficient (Wildman–Crippen LogP) is 1.65. The lowest BCUT2D eigenvalue weighted by Crippen LogP contribution is -2.28. The first kappa shape index (κ1) is 14.8. The second-order valence-electron chi connectivity index (χ2n) is 4.54. The number of nitrogens with two attached hydrogens (primary N) is 1. The maximum Gasteiger partial charge on any atom is 0.257 e. The molecule has 6 nitrogen and oxygen atoms in total. The number of hydrazine groups is 1. The summed E-state index contributed by atoms with van der Waals surface area (Å²) in [6.07, 6.45) is 3.07. The van der Waals surface area contributed by atoms with Gasteiger partial charge < -0.3 is 15.1 Å². The quantitative estimate of drug-likeness (QED) is 0.645. The molecule has 3 N–H and O–H groups in total. The van der Waals surface area contributed by atoms with Crippen LogP contribution in [0.1, 0.15) is 15.9 Å². The third-order valence-electron chi connectivity index (χ3n) is 3.15. The van der Waals surface area contributed by atoms with Gasteiger partial charge in [0, 0.05) is 31.5 Å². The summed E-state index contributed by atoms with van der Waals surface area (Å²) in [5.41, 5.74) is 4.41. The SMILES string of the molecule is COc1ccccc1CN(C)C(=O)c1cnccc1NN. The van der Waals surface area contributed by atoms with Crippen molar-refractivity contribution in [3.8, 4) is 5.75 Å². The van der Waals surface area contributed by atoms with Crippen molar-refractivity contribution in [1.82, 2.24) is 9.88 Å². The van der Waals surface area contributed by atoms with Crippen LogP contribution in [0.15, 0.2) is 42.7 Å². The molecule has 0 saturated carbocycles. The molecule has 0 bridgehead atoms. The van der Waals surface area contributed by atoms with E-state index in [0.29, 0.717) is 17.8 Å². The molecule has 0 aliphatic rings. The first-order valence-corrected chi connectivity index (χ1v) is 6.45. The first-order chi connectivity index (χ1) is 10.2. The molecule has 0 saturated heterocycles. The number of methoxy groups -OCH3 is 1. The summed E-state index contributed by atoms with van der Waals surface area (Å²) in [6.45, 7) is 0.432. The molecule has 1 heterocycles. The van der Waals surface area contributed by atoms with Crippen molar-refractivity contribution < 1.29 is 9.53 Å². The maximum absolute atomic E-state index is 12.5. The van der Waals surface area contributed by atoms with Crippen molar-refractivity contribution in [2.45, 2.75) is 6.54 Å². The van der Waals surface area contributed by atoms with E-state index < -0.39 is 0 Å². The maximum atomic E-state index is 12.5. The van der Waals surface area contributed by atoms with E-state index in [2.05, 4.69) is 10.4 Å². The topological polar surface area (TPSA) is 80.5 Å². The van der Waals surface area contributed by atoms with Gasteiger partial charge in [0.05, 0.1) is 18.4 Å². The fraction of sp³-hybridized carbons (Fsp3) is 0.200. The van der Waals surface area contributed by atoms with E-state index >= 15 is 0 Å². The van der Waals surface area contributed by atoms with Gasteiger partial charge in [-0.3, -0.25) is 15.6 Å². The number of benzene rings is 1. The number of hydrogen-bond acceptors (Lipinski definition) is 5. The van der Waals surface area contributed by atoms with Crippen LogP contribution in [0.25, 0.3) is 0 Å². The Morgan fingerprint density at radius 1 is 1.38 bits per heavy atom. The van der Waals surface area contributed by atoms with E-state index in [-0.39, 0.29) is 5.91 Å². The van der Waals surface area contributed by atoms with Gasteiger partial charge in [-0.2, -0.15) is 0 Å². The molecule has 1 aromatic carbocycles. The summed E-state index contributed by atoms with van der Waals surface area (Å²) < 4.78 is 5.29. The van der Waals surface area contributed by atoms with Crippen LogP contribution in [0.5, 0.6) is 5.75 Å². The summed E-state index contributed by atoms with van der Waals surface area (Å²) in [4.78, 5) is 18.0. The Balaban J connectivity index is 2.20. The van der Waals surface area contributed by atoms with E-state index in [1.54, 1.807) is 31.3 Å². The van der Waals surface area contributed by atoms with Gasteiger partial charge in [0.1, 0.15) is 5.75 Å². The van der Waals surface area contributed by atoms with Crippen LogP contribution in [0, 0.1) is 0 Å². The number of nitrogen functional groups attached to an aromatic ring is 1. The summed E-state index contributed by atoms with van der Waals surface area (Å²) >= 11 is 0. The van der Waals surface area contributed by atoms with E-state index in [1.165, 1.54) is 6.20 Å². The standard InChI is InChI=1S/C15H18N4O2/c1-19(10-11-5-3-4-6-14(11)21-2)15(20)12-9-17-8-7-13(12)18-16/h3-9H,10,16H2,1-2H3,(H,17,18). The van der Waals surface area contributed by atoms with Crippen LogP contribution in [0.4, 0.5) is 5.69 Å². The zero-order valence-electron chi connectivity index (χ0n) is 12.0. The lowest BCUT2D eigenvalue weighted by molar-refractivity contribution is 0.0784. The monoisotopic (exact) mass is 286 g/mol. The molecule has 21 heavy (non-hydrogen) atoms. The van der Waals surface area contributed by atoms with Crippen molar-refractivity contribution in [1.29, 1.82) is 0 Å². The zero-order chi connectivity index (χ0) is 15.2. The molecule has 6 heteroatoms. The van der Waals surface area contributed by atoms with Crippen molar-refractivity contribution in [3.63, 3.8) is 0 Å². The third-order valence-corrected chi connectivity index (χ3v) is 3.15. The number of carbonyl (C=O) groups excluding carboxylic acids is 1. The fourth-order valence-electron chi connectivity index (χ4n) is 2.06. The van der Waals surface area contributed by atoms with Gasteiger partial charge in [0.25, 0.3) is 5.91 Å². The Morgan fingerprint density at radius 2 is 2.14 bits per heavy atom. The van der Waals surface area contributed by atoms with Crippen LogP contribution in [-0.4, -0.2) is 29.9 Å². The summed E-state index contributed by atoms with van der Waals surface area (Å²) in [5.74, 6) is 6.00. The van der Waals surface area contributed by atoms with E-state index in [4.69, 9.17) is 10.6 Å². The molecule has 0 unspecified atom stereocenters. The number of para-hydroxylation sites is 1. The summed E-state index contributed by atoms with van der Waals surface area (Å²) in [6, 6.07) is 9.25. The fourth-order valence-corrected chi connectivity index (χ4v) is 2.06. The molecule has 1 amide bonds. The molecule has 110 valence electrons. The van der Waals surface area contributed by atoms with Crippen LogP contribution in [-0.2, 0) is 6.54 Å². The highest BCUT2D eigenvalue weighted by Gasteiger charge is 2.17. The number of rotatable bonds is 5. The lowest BCUT2D eigenvalue weighted by Gasteiger charge is -2.20. The smallest absolute Gasteiger partial charge is 0.257 e. The number of nitrogens with one attached hydrogen (secondary N) is 1. The molecule has 0 radical (unpaired) electrons. The molecular formula is C15H18N4O2. The molecule has 2 aromatic rings. The van der Waals surface area contributed by atoms with Gasteiger partial charge in [-0.25, -0.2) is 0 Å². The van der Waals surface area contributed by atoms with Gasteiger partial charge in [-0.05, 0) is 12.1 Å². The minimum absolute atomic E-state index is 0.165. The molecule has 1 aromatic heterocycles. The van der Waals surface area contributed by atoms with Gasteiger partial charge >= 0.3 is 0 Å².